The minimum absolute atomic E-state index is 0.0544. The van der Waals surface area contributed by atoms with Crippen LogP contribution in [0, 0.1) is 3.83 Å². The molecule has 1 rings (SSSR count). The predicted molar refractivity (Wildman–Crippen MR) is 51.4 cm³/mol. The fraction of sp³-hybridized carbons (Fsp3) is 0.667. The summed E-state index contributed by atoms with van der Waals surface area (Å²) in [5.74, 6) is 1.10. The Hall–Kier alpha value is 1.29. The van der Waals surface area contributed by atoms with Gasteiger partial charge in [0.1, 0.15) is 0 Å². The molecular weight excluding hydrogens is 509 g/mol. The monoisotopic (exact) mass is 520 g/mol. The first-order valence-corrected chi connectivity index (χ1v) is 10.5. The van der Waals surface area contributed by atoms with Crippen LogP contribution in [0.1, 0.15) is 12.7 Å². The van der Waals surface area contributed by atoms with Gasteiger partial charge in [0.25, 0.3) is 0 Å². The van der Waals surface area contributed by atoms with E-state index in [9.17, 15) is 0 Å². The summed E-state index contributed by atoms with van der Waals surface area (Å²) < 4.78 is 7.94. The van der Waals surface area contributed by atoms with Crippen molar-refractivity contribution in [2.24, 2.45) is 0 Å². The van der Waals surface area contributed by atoms with Gasteiger partial charge in [0.2, 0.25) is 0 Å². The molecule has 0 aliphatic carbocycles. The Balaban J connectivity index is 2.82. The van der Waals surface area contributed by atoms with E-state index in [4.69, 9.17) is 0 Å². The fourth-order valence-electron chi connectivity index (χ4n) is 0.815. The molecule has 78 valence electrons. The second kappa shape index (κ2) is 6.71. The molecule has 1 aromatic rings. The van der Waals surface area contributed by atoms with Crippen LogP contribution in [-0.4, -0.2) is 22.3 Å². The molecule has 1 N–H and O–H groups in total. The predicted octanol–water partition coefficient (Wildman–Crippen LogP) is -5.52. The van der Waals surface area contributed by atoms with Gasteiger partial charge >= 0.3 is 115 Å². The van der Waals surface area contributed by atoms with E-state index in [0.717, 1.165) is 12.4 Å². The van der Waals surface area contributed by atoms with Gasteiger partial charge in [-0.05, 0) is 0 Å². The molecule has 0 spiro atoms. The first-order chi connectivity index (χ1) is 6.33. The van der Waals surface area contributed by atoms with Crippen molar-refractivity contribution in [3.8, 4) is 0 Å². The second-order valence-electron chi connectivity index (χ2n) is 2.05. The van der Waals surface area contributed by atoms with Gasteiger partial charge < -0.3 is 0 Å². The molecule has 4 nitrogen and oxygen atoms in total. The van der Waals surface area contributed by atoms with Crippen molar-refractivity contribution in [1.82, 2.24) is 16.5 Å². The standard InChI is InChI=1S/C6H11I3N4/c1-3-9-6-12-11-5(4-10-7)13(6)8-2/h10H,3-4H2,1-2H3/q-2. The van der Waals surface area contributed by atoms with Crippen LogP contribution in [0.25, 0.3) is 0 Å². The molecule has 0 bridgehead atoms. The van der Waals surface area contributed by atoms with Crippen LogP contribution in [-0.2, 0) is 6.54 Å². The van der Waals surface area contributed by atoms with Crippen LogP contribution >= 0.6 is 22.9 Å². The van der Waals surface area contributed by atoms with E-state index in [-0.39, 0.29) is 42.7 Å². The molecule has 0 aliphatic heterocycles. The SMILES string of the molecule is CC[I-]c1nnc(CNI)n1[I-]C. The zero-order chi connectivity index (χ0) is 9.68. The molecule has 0 saturated carbocycles. The Morgan fingerprint density at radius 2 is 2.31 bits per heavy atom. The Bertz CT molecular complexity index is 239. The molecule has 1 aromatic heterocycles. The van der Waals surface area contributed by atoms with Gasteiger partial charge in [0, 0.05) is 0 Å². The fourth-order valence-corrected chi connectivity index (χ4v) is 6.08. The number of hydrogen-bond acceptors (Lipinski definition) is 3. The van der Waals surface area contributed by atoms with E-state index < -0.39 is 0 Å². The van der Waals surface area contributed by atoms with E-state index >= 15 is 0 Å². The second-order valence-corrected chi connectivity index (χ2v) is 7.99. The van der Waals surface area contributed by atoms with Crippen molar-refractivity contribution < 1.29 is 42.7 Å². The summed E-state index contributed by atoms with van der Waals surface area (Å²) in [5.41, 5.74) is 0. The van der Waals surface area contributed by atoms with E-state index in [2.05, 4.69) is 51.2 Å². The number of hydrogen-bond donors (Lipinski definition) is 1. The van der Waals surface area contributed by atoms with Crippen LogP contribution in [0.15, 0.2) is 0 Å². The molecule has 1 heterocycles. The first-order valence-electron chi connectivity index (χ1n) is 3.70. The molecule has 7 heteroatoms. The van der Waals surface area contributed by atoms with Crippen LogP contribution in [0.2, 0.25) is 0 Å². The molecule has 0 radical (unpaired) electrons. The number of alkyl halides is 2. The van der Waals surface area contributed by atoms with Gasteiger partial charge in [-0.25, -0.2) is 0 Å². The quantitative estimate of drug-likeness (QED) is 0.240. The van der Waals surface area contributed by atoms with Crippen molar-refractivity contribution in [3.63, 3.8) is 0 Å². The Labute approximate surface area is 113 Å². The summed E-state index contributed by atoms with van der Waals surface area (Å²) in [6, 6.07) is 0. The number of aromatic nitrogens is 3. The molecule has 0 aliphatic rings. The summed E-state index contributed by atoms with van der Waals surface area (Å²) in [7, 11) is 0. The third-order valence-electron chi connectivity index (χ3n) is 1.28. The van der Waals surface area contributed by atoms with E-state index in [1.807, 2.05) is 0 Å². The summed E-state index contributed by atoms with van der Waals surface area (Å²) in [6.07, 6.45) is 0. The Morgan fingerprint density at radius 3 is 2.85 bits per heavy atom. The Morgan fingerprint density at radius 1 is 1.54 bits per heavy atom. The first kappa shape index (κ1) is 12.4. The summed E-state index contributed by atoms with van der Waals surface area (Å²) >= 11 is 2.30. The van der Waals surface area contributed by atoms with Gasteiger partial charge in [-0.15, -0.1) is 0 Å². The van der Waals surface area contributed by atoms with Crippen LogP contribution < -0.4 is 46.2 Å². The molecule has 13 heavy (non-hydrogen) atoms. The molecule has 0 unspecified atom stereocenters. The summed E-state index contributed by atoms with van der Waals surface area (Å²) in [4.78, 5) is 2.25. The molecular formula is C6H11I3N4-2. The average Bonchev–Trinajstić information content (AvgIpc) is 2.49. The normalized spacial score (nSPS) is 11.3. The molecule has 0 atom stereocenters. The van der Waals surface area contributed by atoms with Gasteiger partial charge in [-0.1, -0.05) is 0 Å². The molecule has 0 saturated heterocycles. The Kier molecular flexibility index (Phi) is 6.38. The van der Waals surface area contributed by atoms with Crippen molar-refractivity contribution in [2.45, 2.75) is 13.5 Å². The zero-order valence-corrected chi connectivity index (χ0v) is 13.9. The summed E-state index contributed by atoms with van der Waals surface area (Å²) in [5, 5.41) is 8.44. The van der Waals surface area contributed by atoms with Crippen molar-refractivity contribution >= 4 is 22.9 Å². The van der Waals surface area contributed by atoms with Crippen molar-refractivity contribution in [1.29, 1.82) is 0 Å². The van der Waals surface area contributed by atoms with Crippen LogP contribution in [0.3, 0.4) is 0 Å². The third-order valence-corrected chi connectivity index (χ3v) is 6.71. The maximum absolute atomic E-state index is 4.24. The van der Waals surface area contributed by atoms with Gasteiger partial charge in [-0.3, -0.25) is 0 Å². The maximum atomic E-state index is 4.24. The number of nitrogens with zero attached hydrogens (tertiary/aromatic N) is 3. The van der Waals surface area contributed by atoms with Crippen LogP contribution in [0.4, 0.5) is 0 Å². The van der Waals surface area contributed by atoms with Crippen molar-refractivity contribution in [2.75, 3.05) is 9.36 Å². The zero-order valence-electron chi connectivity index (χ0n) is 7.39. The number of nitrogens with one attached hydrogen (secondary N) is 1. The van der Waals surface area contributed by atoms with Gasteiger partial charge in [-0.2, -0.15) is 0 Å². The number of rotatable bonds is 5. The topological polar surface area (TPSA) is 42.7 Å². The summed E-state index contributed by atoms with van der Waals surface area (Å²) in [6.45, 7) is 3.05. The molecule has 0 aromatic carbocycles. The van der Waals surface area contributed by atoms with E-state index in [1.165, 1.54) is 8.26 Å². The van der Waals surface area contributed by atoms with Gasteiger partial charge in [0.15, 0.2) is 0 Å². The van der Waals surface area contributed by atoms with E-state index in [1.54, 1.807) is 0 Å². The molecule has 0 amide bonds. The molecule has 0 fully saturated rings. The van der Waals surface area contributed by atoms with Crippen LogP contribution in [0.5, 0.6) is 0 Å². The third kappa shape index (κ3) is 3.41. The minimum atomic E-state index is 0.0544. The number of halogens is 3. The van der Waals surface area contributed by atoms with Crippen molar-refractivity contribution in [3.05, 3.63) is 9.66 Å². The van der Waals surface area contributed by atoms with Gasteiger partial charge in [0.05, 0.1) is 0 Å². The average molecular weight is 520 g/mol. The van der Waals surface area contributed by atoms with E-state index in [0.29, 0.717) is 0 Å².